The molecule has 0 aliphatic rings. The lowest BCUT2D eigenvalue weighted by Gasteiger charge is -2.37. The zero-order valence-corrected chi connectivity index (χ0v) is 9.78. The van der Waals surface area contributed by atoms with Gasteiger partial charge in [-0.1, -0.05) is 13.3 Å². The Morgan fingerprint density at radius 1 is 0.600 bits per heavy atom. The van der Waals surface area contributed by atoms with Gasteiger partial charge >= 0.3 is 29.9 Å². The first-order valence-electron chi connectivity index (χ1n) is 5.14. The molecule has 20 heavy (non-hydrogen) atoms. The lowest BCUT2D eigenvalue weighted by Crippen LogP contribution is -2.66. The summed E-state index contributed by atoms with van der Waals surface area (Å²) in [5, 5.41) is 0. The van der Waals surface area contributed by atoms with Crippen molar-refractivity contribution in [2.75, 3.05) is 0 Å². The highest BCUT2D eigenvalue weighted by Gasteiger charge is 2.86. The molecule has 0 radical (unpaired) electrons. The van der Waals surface area contributed by atoms with E-state index >= 15 is 0 Å². The molecule has 0 bridgehead atoms. The molecule has 11 heteroatoms. The highest BCUT2D eigenvalue weighted by molar-refractivity contribution is 5.06. The Morgan fingerprint density at radius 3 is 1.30 bits per heavy atom. The van der Waals surface area contributed by atoms with E-state index in [9.17, 15) is 48.3 Å². The van der Waals surface area contributed by atoms with Crippen LogP contribution in [0.15, 0.2) is 0 Å². The molecule has 122 valence electrons. The van der Waals surface area contributed by atoms with E-state index in [1.54, 1.807) is 0 Å². The summed E-state index contributed by atoms with van der Waals surface area (Å²) >= 11 is 0. The molecule has 0 atom stereocenters. The zero-order valence-electron chi connectivity index (χ0n) is 9.78. The topological polar surface area (TPSA) is 0 Å². The molecule has 0 aromatic rings. The Hall–Kier alpha value is -0.770. The lowest BCUT2D eigenvalue weighted by atomic mass is 9.95. The second-order valence-corrected chi connectivity index (χ2v) is 4.03. The third-order valence-corrected chi connectivity index (χ3v) is 2.45. The summed E-state index contributed by atoms with van der Waals surface area (Å²) < 4.78 is 137. The first-order valence-corrected chi connectivity index (χ1v) is 5.14. The van der Waals surface area contributed by atoms with Crippen LogP contribution in [0.25, 0.3) is 0 Å². The summed E-state index contributed by atoms with van der Waals surface area (Å²) in [6, 6.07) is 0. The van der Waals surface area contributed by atoms with E-state index < -0.39 is 42.7 Å². The van der Waals surface area contributed by atoms with Crippen molar-refractivity contribution < 1.29 is 48.3 Å². The van der Waals surface area contributed by atoms with Crippen molar-refractivity contribution in [3.05, 3.63) is 0 Å². The fourth-order valence-electron chi connectivity index (χ4n) is 1.16. The summed E-state index contributed by atoms with van der Waals surface area (Å²) in [6.45, 7) is 1.21. The Balaban J connectivity index is 5.68. The molecule has 0 amide bonds. The third-order valence-electron chi connectivity index (χ3n) is 2.45. The molecule has 0 rings (SSSR count). The van der Waals surface area contributed by atoms with Crippen molar-refractivity contribution in [3.63, 3.8) is 0 Å². The van der Waals surface area contributed by atoms with E-state index in [1.165, 1.54) is 6.92 Å². The molecular weight excluding hydrogens is 317 g/mol. The van der Waals surface area contributed by atoms with Crippen LogP contribution in [0.2, 0.25) is 0 Å². The second kappa shape index (κ2) is 5.21. The van der Waals surface area contributed by atoms with Crippen molar-refractivity contribution >= 4 is 0 Å². The molecule has 0 aliphatic heterocycles. The van der Waals surface area contributed by atoms with Gasteiger partial charge in [-0.25, -0.2) is 0 Å². The number of unbranched alkanes of at least 4 members (excludes halogenated alkanes) is 1. The quantitative estimate of drug-likeness (QED) is 0.583. The zero-order chi connectivity index (χ0) is 16.6. The van der Waals surface area contributed by atoms with Crippen LogP contribution in [0.4, 0.5) is 48.3 Å². The molecule has 0 saturated carbocycles. The van der Waals surface area contributed by atoms with Crippen LogP contribution in [0.1, 0.15) is 26.2 Å². The molecule has 0 aromatic heterocycles. The molecule has 0 heterocycles. The van der Waals surface area contributed by atoms with Crippen molar-refractivity contribution in [2.24, 2.45) is 0 Å². The van der Waals surface area contributed by atoms with Crippen molar-refractivity contribution in [1.82, 2.24) is 0 Å². The predicted molar refractivity (Wildman–Crippen MR) is 45.4 cm³/mol. The van der Waals surface area contributed by atoms with Gasteiger partial charge in [0, 0.05) is 6.42 Å². The van der Waals surface area contributed by atoms with Gasteiger partial charge in [0.05, 0.1) is 0 Å². The highest BCUT2D eigenvalue weighted by Crippen LogP contribution is 2.58. The van der Waals surface area contributed by atoms with Gasteiger partial charge in [0.1, 0.15) is 0 Å². The summed E-state index contributed by atoms with van der Waals surface area (Å²) in [5.41, 5.74) is 0. The summed E-state index contributed by atoms with van der Waals surface area (Å²) in [7, 11) is 0. The monoisotopic (exact) mass is 326 g/mol. The SMILES string of the molecule is CCCCC(F)(F)C(F)(F)C(F)(F)C(F)(F)C(F)(F)F. The van der Waals surface area contributed by atoms with Gasteiger partial charge in [-0.2, -0.15) is 48.3 Å². The molecule has 0 saturated heterocycles. The van der Waals surface area contributed by atoms with E-state index in [4.69, 9.17) is 0 Å². The number of hydrogen-bond donors (Lipinski definition) is 0. The van der Waals surface area contributed by atoms with Crippen molar-refractivity contribution in [2.45, 2.75) is 56.1 Å². The minimum atomic E-state index is -7.29. The second-order valence-electron chi connectivity index (χ2n) is 4.03. The van der Waals surface area contributed by atoms with Gasteiger partial charge in [0.2, 0.25) is 0 Å². The van der Waals surface area contributed by atoms with E-state index in [2.05, 4.69) is 0 Å². The lowest BCUT2D eigenvalue weighted by molar-refractivity contribution is -0.422. The maximum Gasteiger partial charge on any atom is 0.460 e. The van der Waals surface area contributed by atoms with E-state index in [1.807, 2.05) is 0 Å². The largest absolute Gasteiger partial charge is 0.460 e. The third kappa shape index (κ3) is 2.80. The van der Waals surface area contributed by atoms with Gasteiger partial charge in [0.15, 0.2) is 0 Å². The average molecular weight is 326 g/mol. The fraction of sp³-hybridized carbons (Fsp3) is 1.00. The number of halogens is 11. The fourth-order valence-corrected chi connectivity index (χ4v) is 1.16. The van der Waals surface area contributed by atoms with Crippen LogP contribution >= 0.6 is 0 Å². The maximum absolute atomic E-state index is 12.9. The van der Waals surface area contributed by atoms with Crippen LogP contribution in [0.3, 0.4) is 0 Å². The van der Waals surface area contributed by atoms with E-state index in [-0.39, 0.29) is 6.42 Å². The van der Waals surface area contributed by atoms with Crippen molar-refractivity contribution in [1.29, 1.82) is 0 Å². The van der Waals surface area contributed by atoms with Gasteiger partial charge in [0.25, 0.3) is 0 Å². The van der Waals surface area contributed by atoms with Crippen LogP contribution in [0, 0.1) is 0 Å². The van der Waals surface area contributed by atoms with E-state index in [0.29, 0.717) is 0 Å². The minimum absolute atomic E-state index is 0.174. The Bertz CT molecular complexity index is 327. The molecular formula is C9H9F11. The maximum atomic E-state index is 12.9. The predicted octanol–water partition coefficient (Wildman–Crippen LogP) is 5.28. The Kier molecular flexibility index (Phi) is 5.01. The van der Waals surface area contributed by atoms with Gasteiger partial charge in [-0.3, -0.25) is 0 Å². The smallest absolute Gasteiger partial charge is 0.200 e. The molecule has 0 nitrogen and oxygen atoms in total. The molecule has 0 unspecified atom stereocenters. The summed E-state index contributed by atoms with van der Waals surface area (Å²) in [4.78, 5) is 0. The first kappa shape index (κ1) is 19.2. The summed E-state index contributed by atoms with van der Waals surface area (Å²) in [5.74, 6) is -27.1. The molecule has 0 N–H and O–H groups in total. The number of alkyl halides is 11. The Morgan fingerprint density at radius 2 is 1.00 bits per heavy atom. The minimum Gasteiger partial charge on any atom is -0.200 e. The number of hydrogen-bond acceptors (Lipinski definition) is 0. The molecule has 0 spiro atoms. The molecule has 0 aliphatic carbocycles. The average Bonchev–Trinajstić information content (AvgIpc) is 2.24. The normalized spacial score (nSPS) is 15.6. The van der Waals surface area contributed by atoms with Crippen LogP contribution in [-0.2, 0) is 0 Å². The molecule has 0 fully saturated rings. The van der Waals surface area contributed by atoms with Gasteiger partial charge < -0.3 is 0 Å². The van der Waals surface area contributed by atoms with Crippen LogP contribution in [-0.4, -0.2) is 29.9 Å². The molecule has 0 aromatic carbocycles. The van der Waals surface area contributed by atoms with Crippen molar-refractivity contribution in [3.8, 4) is 0 Å². The van der Waals surface area contributed by atoms with E-state index in [0.717, 1.165) is 0 Å². The van der Waals surface area contributed by atoms with Gasteiger partial charge in [-0.05, 0) is 6.42 Å². The number of rotatable bonds is 6. The first-order chi connectivity index (χ1) is 8.56. The van der Waals surface area contributed by atoms with Gasteiger partial charge in [-0.15, -0.1) is 0 Å². The highest BCUT2D eigenvalue weighted by atomic mass is 19.4. The summed E-state index contributed by atoms with van der Waals surface area (Å²) in [6.07, 6.45) is -9.97. The standard InChI is InChI=1S/C9H9F11/c1-2-3-4-5(10,11)6(12,13)7(14,15)8(16,17)9(18,19)20/h2-4H2,1H3. The Labute approximate surface area is 105 Å². The van der Waals surface area contributed by atoms with Crippen LogP contribution < -0.4 is 0 Å². The van der Waals surface area contributed by atoms with Crippen LogP contribution in [0.5, 0.6) is 0 Å².